The first-order valence-corrected chi connectivity index (χ1v) is 9.32. The number of carbonyl (C=O) groups is 1. The number of nitrogens with one attached hydrogen (secondary N) is 2. The van der Waals surface area contributed by atoms with Crippen LogP contribution in [0.3, 0.4) is 0 Å². The van der Waals surface area contributed by atoms with Gasteiger partial charge in [0, 0.05) is 12.5 Å². The van der Waals surface area contributed by atoms with Crippen LogP contribution in [-0.4, -0.2) is 20.7 Å². The van der Waals surface area contributed by atoms with E-state index in [9.17, 15) is 14.0 Å². The number of nitrogens with zero attached hydrogens (tertiary/aromatic N) is 2. The molecule has 1 amide bonds. The first-order valence-electron chi connectivity index (χ1n) is 8.95. The summed E-state index contributed by atoms with van der Waals surface area (Å²) in [6.07, 6.45) is 1.86. The zero-order chi connectivity index (χ0) is 19.8. The summed E-state index contributed by atoms with van der Waals surface area (Å²) in [6, 6.07) is 9.79. The van der Waals surface area contributed by atoms with Crippen molar-refractivity contribution >= 4 is 17.5 Å². The summed E-state index contributed by atoms with van der Waals surface area (Å²) >= 11 is 6.26. The molecule has 28 heavy (non-hydrogen) atoms. The zero-order valence-electron chi connectivity index (χ0n) is 15.1. The lowest BCUT2D eigenvalue weighted by molar-refractivity contribution is -0.122. The lowest BCUT2D eigenvalue weighted by atomic mass is 10.1. The molecule has 0 bridgehead atoms. The number of H-pyrrole nitrogens is 1. The van der Waals surface area contributed by atoms with Gasteiger partial charge in [-0.1, -0.05) is 23.7 Å². The van der Waals surface area contributed by atoms with Crippen molar-refractivity contribution in [1.82, 2.24) is 20.1 Å². The maximum Gasteiger partial charge on any atom is 0.348 e. The lowest BCUT2D eigenvalue weighted by Gasteiger charge is -2.08. The van der Waals surface area contributed by atoms with E-state index in [1.807, 2.05) is 0 Å². The van der Waals surface area contributed by atoms with Gasteiger partial charge in [0.05, 0.1) is 16.3 Å². The van der Waals surface area contributed by atoms with Crippen molar-refractivity contribution in [3.05, 3.63) is 68.8 Å². The van der Waals surface area contributed by atoms with Gasteiger partial charge in [0.1, 0.15) is 5.82 Å². The molecule has 1 saturated carbocycles. The minimum Gasteiger partial charge on any atom is -0.352 e. The van der Waals surface area contributed by atoms with Gasteiger partial charge < -0.3 is 5.32 Å². The maximum atomic E-state index is 14.2. The first kappa shape index (κ1) is 18.4. The molecule has 144 valence electrons. The Bertz CT molecular complexity index is 1120. The van der Waals surface area contributed by atoms with Gasteiger partial charge in [0.15, 0.2) is 5.82 Å². The Hall–Kier alpha value is -2.93. The average molecular weight is 401 g/mol. The van der Waals surface area contributed by atoms with Gasteiger partial charge >= 0.3 is 5.69 Å². The Balaban J connectivity index is 1.65. The van der Waals surface area contributed by atoms with Gasteiger partial charge in [-0.2, -0.15) is 4.68 Å². The van der Waals surface area contributed by atoms with Crippen molar-refractivity contribution in [2.45, 2.75) is 26.3 Å². The molecular formula is C20H18ClFN4O2. The molecular weight excluding hydrogens is 383 g/mol. The number of aromatic nitrogens is 3. The lowest BCUT2D eigenvalue weighted by Crippen LogP contribution is -2.24. The third-order valence-electron chi connectivity index (χ3n) is 4.65. The third-order valence-corrected chi connectivity index (χ3v) is 4.97. The minimum absolute atomic E-state index is 0.0329. The fourth-order valence-corrected chi connectivity index (χ4v) is 3.13. The molecule has 0 aliphatic heterocycles. The van der Waals surface area contributed by atoms with Crippen LogP contribution in [0, 0.1) is 18.7 Å². The van der Waals surface area contributed by atoms with Crippen molar-refractivity contribution < 1.29 is 9.18 Å². The van der Waals surface area contributed by atoms with E-state index in [4.69, 9.17) is 11.6 Å². The number of rotatable bonds is 5. The fourth-order valence-electron chi connectivity index (χ4n) is 2.93. The zero-order valence-corrected chi connectivity index (χ0v) is 15.9. The van der Waals surface area contributed by atoms with Crippen LogP contribution in [0.1, 0.15) is 24.0 Å². The topological polar surface area (TPSA) is 79.8 Å². The second-order valence-corrected chi connectivity index (χ2v) is 7.36. The van der Waals surface area contributed by atoms with E-state index in [1.54, 1.807) is 37.3 Å². The average Bonchev–Trinajstić information content (AvgIpc) is 3.44. The Morgan fingerprint density at radius 1 is 1.32 bits per heavy atom. The van der Waals surface area contributed by atoms with Crippen LogP contribution in [0.4, 0.5) is 4.39 Å². The number of aryl methyl sites for hydroxylation is 1. The smallest absolute Gasteiger partial charge is 0.348 e. The van der Waals surface area contributed by atoms with Gasteiger partial charge in [0.2, 0.25) is 5.91 Å². The Labute approximate surface area is 165 Å². The van der Waals surface area contributed by atoms with Crippen LogP contribution in [0.5, 0.6) is 0 Å². The summed E-state index contributed by atoms with van der Waals surface area (Å²) in [5.74, 6) is -0.201. The summed E-state index contributed by atoms with van der Waals surface area (Å²) in [4.78, 5) is 26.8. The normalized spacial score (nSPS) is 13.5. The van der Waals surface area contributed by atoms with Crippen LogP contribution in [0.15, 0.2) is 41.2 Å². The number of aromatic amines is 1. The van der Waals surface area contributed by atoms with Crippen LogP contribution in [0.2, 0.25) is 5.02 Å². The summed E-state index contributed by atoms with van der Waals surface area (Å²) < 4.78 is 15.3. The molecule has 1 heterocycles. The Kier molecular flexibility index (Phi) is 4.77. The molecule has 0 unspecified atom stereocenters. The van der Waals surface area contributed by atoms with Crippen molar-refractivity contribution in [2.75, 3.05) is 0 Å². The monoisotopic (exact) mass is 400 g/mol. The van der Waals surface area contributed by atoms with Crippen molar-refractivity contribution in [1.29, 1.82) is 0 Å². The summed E-state index contributed by atoms with van der Waals surface area (Å²) in [5.41, 5.74) is 1.58. The number of benzene rings is 2. The summed E-state index contributed by atoms with van der Waals surface area (Å²) in [6.45, 7) is 2.11. The van der Waals surface area contributed by atoms with E-state index in [-0.39, 0.29) is 23.2 Å². The maximum absolute atomic E-state index is 14.2. The molecule has 0 spiro atoms. The third kappa shape index (κ3) is 3.71. The molecule has 4 rings (SSSR count). The van der Waals surface area contributed by atoms with E-state index in [1.165, 1.54) is 6.07 Å². The molecule has 6 nitrogen and oxygen atoms in total. The van der Waals surface area contributed by atoms with E-state index in [2.05, 4.69) is 15.4 Å². The fraction of sp³-hybridized carbons (Fsp3) is 0.250. The van der Waals surface area contributed by atoms with Crippen molar-refractivity contribution in [2.24, 2.45) is 5.92 Å². The van der Waals surface area contributed by atoms with Gasteiger partial charge in [-0.05, 0) is 55.2 Å². The van der Waals surface area contributed by atoms with Crippen LogP contribution >= 0.6 is 11.6 Å². The molecule has 0 saturated heterocycles. The number of carbonyl (C=O) groups excluding carboxylic acids is 1. The number of halogens is 2. The molecule has 0 radical (unpaired) electrons. The molecule has 3 aromatic rings. The van der Waals surface area contributed by atoms with E-state index in [0.29, 0.717) is 17.3 Å². The number of hydrogen-bond acceptors (Lipinski definition) is 3. The molecule has 8 heteroatoms. The molecule has 1 aliphatic carbocycles. The molecule has 2 aromatic carbocycles. The van der Waals surface area contributed by atoms with Crippen molar-refractivity contribution in [3.8, 4) is 17.1 Å². The van der Waals surface area contributed by atoms with Gasteiger partial charge in [-0.15, -0.1) is 5.10 Å². The quantitative estimate of drug-likeness (QED) is 0.689. The highest BCUT2D eigenvalue weighted by molar-refractivity contribution is 6.32. The summed E-state index contributed by atoms with van der Waals surface area (Å²) in [7, 11) is 0. The number of amides is 1. The van der Waals surface area contributed by atoms with E-state index < -0.39 is 11.5 Å². The predicted octanol–water partition coefficient (Wildman–Crippen LogP) is 3.35. The van der Waals surface area contributed by atoms with Gasteiger partial charge in [-0.25, -0.2) is 9.18 Å². The second-order valence-electron chi connectivity index (χ2n) is 6.95. The largest absolute Gasteiger partial charge is 0.352 e. The highest BCUT2D eigenvalue weighted by Gasteiger charge is 2.29. The highest BCUT2D eigenvalue weighted by atomic mass is 35.5. The highest BCUT2D eigenvalue weighted by Crippen LogP contribution is 2.29. The van der Waals surface area contributed by atoms with Crippen LogP contribution in [0.25, 0.3) is 17.1 Å². The predicted molar refractivity (Wildman–Crippen MR) is 104 cm³/mol. The molecule has 1 aliphatic rings. The van der Waals surface area contributed by atoms with E-state index in [0.717, 1.165) is 28.7 Å². The van der Waals surface area contributed by atoms with Gasteiger partial charge in [0.25, 0.3) is 0 Å². The number of hydrogen-bond donors (Lipinski definition) is 2. The Morgan fingerprint density at radius 3 is 2.82 bits per heavy atom. The second kappa shape index (κ2) is 7.24. The molecule has 1 fully saturated rings. The standard InChI is InChI=1S/C20H18ClFN4O2/c1-11-2-6-14(16(22)8-11)18-24-20(28)26(25-18)17-9-12(3-7-15(17)21)10-23-19(27)13-4-5-13/h2-3,6-9,13H,4-5,10H2,1H3,(H,23,27)(H,24,25,28). The Morgan fingerprint density at radius 2 is 2.11 bits per heavy atom. The van der Waals surface area contributed by atoms with Crippen LogP contribution < -0.4 is 11.0 Å². The molecule has 0 atom stereocenters. The summed E-state index contributed by atoms with van der Waals surface area (Å²) in [5, 5.41) is 7.40. The van der Waals surface area contributed by atoms with Crippen LogP contribution in [-0.2, 0) is 11.3 Å². The SMILES string of the molecule is Cc1ccc(-c2nn(-c3cc(CNC(=O)C4CC4)ccc3Cl)c(=O)[nH]2)c(F)c1. The van der Waals surface area contributed by atoms with Crippen molar-refractivity contribution in [3.63, 3.8) is 0 Å². The van der Waals surface area contributed by atoms with E-state index >= 15 is 0 Å². The molecule has 1 aromatic heterocycles. The minimum atomic E-state index is -0.531. The molecule has 2 N–H and O–H groups in total. The van der Waals surface area contributed by atoms with Gasteiger partial charge in [-0.3, -0.25) is 9.78 Å². The first-order chi connectivity index (χ1) is 13.4.